The van der Waals surface area contributed by atoms with Crippen LogP contribution in [0.25, 0.3) is 5.69 Å². The van der Waals surface area contributed by atoms with E-state index in [2.05, 4.69) is 20.8 Å². The Bertz CT molecular complexity index is 1680. The highest BCUT2D eigenvalue weighted by atomic mass is 35.5. The minimum atomic E-state index is -4.62. The van der Waals surface area contributed by atoms with Crippen molar-refractivity contribution in [2.75, 3.05) is 39.5 Å². The Balaban J connectivity index is 1.61. The van der Waals surface area contributed by atoms with Gasteiger partial charge < -0.3 is 29.6 Å². The van der Waals surface area contributed by atoms with Gasteiger partial charge >= 0.3 is 6.18 Å². The third-order valence-corrected chi connectivity index (χ3v) is 7.51. The zero-order valence-corrected chi connectivity index (χ0v) is 25.9. The van der Waals surface area contributed by atoms with Crippen molar-refractivity contribution in [3.05, 3.63) is 76.6 Å². The lowest BCUT2D eigenvalue weighted by molar-refractivity contribution is -0.137. The summed E-state index contributed by atoms with van der Waals surface area (Å²) in [6, 6.07) is 12.4. The van der Waals surface area contributed by atoms with E-state index in [1.165, 1.54) is 28.4 Å². The van der Waals surface area contributed by atoms with Gasteiger partial charge in [-0.15, -0.1) is 10.2 Å². The molecule has 0 atom stereocenters. The Kier molecular flexibility index (Phi) is 10.7. The summed E-state index contributed by atoms with van der Waals surface area (Å²) in [7, 11) is 5.88. The van der Waals surface area contributed by atoms with Crippen molar-refractivity contribution in [2.45, 2.75) is 17.9 Å². The first kappa shape index (κ1) is 33.3. The Hall–Kier alpha value is -4.63. The lowest BCUT2D eigenvalue weighted by atomic mass is 10.2. The Morgan fingerprint density at radius 2 is 1.58 bits per heavy atom. The van der Waals surface area contributed by atoms with Gasteiger partial charge in [0.1, 0.15) is 23.0 Å². The number of benzene rings is 3. The van der Waals surface area contributed by atoms with Crippen LogP contribution in [0, 0.1) is 0 Å². The van der Waals surface area contributed by atoms with Gasteiger partial charge in [0.2, 0.25) is 5.91 Å². The number of nitrogens with one attached hydrogen (secondary N) is 2. The number of rotatable bonds is 12. The average molecular weight is 666 g/mol. The van der Waals surface area contributed by atoms with Crippen molar-refractivity contribution in [1.29, 1.82) is 0 Å². The first-order chi connectivity index (χ1) is 21.5. The van der Waals surface area contributed by atoms with Crippen LogP contribution >= 0.6 is 23.4 Å². The topological polar surface area (TPSA) is 126 Å². The molecule has 0 aliphatic carbocycles. The number of halogens is 4. The fourth-order valence-corrected chi connectivity index (χ4v) is 4.96. The van der Waals surface area contributed by atoms with Crippen LogP contribution in [-0.4, -0.2) is 60.8 Å². The number of aromatic nitrogens is 3. The summed E-state index contributed by atoms with van der Waals surface area (Å²) < 4.78 is 62.5. The lowest BCUT2D eigenvalue weighted by Gasteiger charge is -2.16. The fourth-order valence-electron chi connectivity index (χ4n) is 4.04. The molecular weight excluding hydrogens is 639 g/mol. The molecule has 0 spiro atoms. The number of hydrogen-bond acceptors (Lipinski definition) is 9. The van der Waals surface area contributed by atoms with Crippen LogP contribution in [-0.2, 0) is 17.5 Å². The van der Waals surface area contributed by atoms with Crippen LogP contribution in [0.3, 0.4) is 0 Å². The van der Waals surface area contributed by atoms with Gasteiger partial charge in [0, 0.05) is 17.7 Å². The van der Waals surface area contributed by atoms with Crippen LogP contribution in [0.1, 0.15) is 21.7 Å². The third-order valence-electron chi connectivity index (χ3n) is 6.25. The molecule has 0 aliphatic heterocycles. The number of anilines is 1. The maximum Gasteiger partial charge on any atom is 0.416 e. The maximum atomic E-state index is 13.2. The van der Waals surface area contributed by atoms with Crippen LogP contribution in [0.4, 0.5) is 18.9 Å². The van der Waals surface area contributed by atoms with E-state index in [0.29, 0.717) is 28.7 Å². The Labute approximate surface area is 265 Å². The SMILES string of the molecule is COc1cc(OC)cc(C(=O)NCc2nnc(SCC(=O)Nc3cc(C(F)(F)F)ccc3Cl)n2-c2cc(OC)ccc2OC)c1. The summed E-state index contributed by atoms with van der Waals surface area (Å²) in [4.78, 5) is 25.9. The van der Waals surface area contributed by atoms with Crippen molar-refractivity contribution >= 4 is 40.9 Å². The standard InChI is InChI=1S/C29H27ClF3N5O6S/c1-41-18-6-8-24(44-4)23(13-18)38-25(14-34-27(40)16-9-19(42-2)12-20(10-16)43-3)36-37-28(38)45-15-26(39)35-22-11-17(29(31,32)33)5-7-21(22)30/h5-13H,14-15H2,1-4H3,(H,34,40)(H,35,39). The molecule has 0 saturated carbocycles. The molecule has 238 valence electrons. The van der Waals surface area contributed by atoms with E-state index >= 15 is 0 Å². The molecule has 4 rings (SSSR count). The van der Waals surface area contributed by atoms with Crippen LogP contribution in [0.2, 0.25) is 5.02 Å². The number of amides is 2. The van der Waals surface area contributed by atoms with E-state index in [1.807, 2.05) is 0 Å². The second-order valence-electron chi connectivity index (χ2n) is 9.09. The molecule has 2 amide bonds. The number of alkyl halides is 3. The van der Waals surface area contributed by atoms with Gasteiger partial charge in [-0.2, -0.15) is 13.2 Å². The monoisotopic (exact) mass is 665 g/mol. The molecule has 0 aliphatic rings. The van der Waals surface area contributed by atoms with E-state index in [4.69, 9.17) is 30.5 Å². The molecule has 11 nitrogen and oxygen atoms in total. The number of ether oxygens (including phenoxy) is 4. The van der Waals surface area contributed by atoms with E-state index < -0.39 is 23.6 Å². The molecule has 1 aromatic heterocycles. The molecule has 0 fully saturated rings. The summed E-state index contributed by atoms with van der Waals surface area (Å²) in [5, 5.41) is 13.8. The number of nitrogens with zero attached hydrogens (tertiary/aromatic N) is 3. The largest absolute Gasteiger partial charge is 0.497 e. The van der Waals surface area contributed by atoms with Gasteiger partial charge in [0.25, 0.3) is 5.91 Å². The van der Waals surface area contributed by atoms with Crippen molar-refractivity contribution in [3.8, 4) is 28.7 Å². The molecule has 0 saturated heterocycles. The highest BCUT2D eigenvalue weighted by Gasteiger charge is 2.31. The first-order valence-electron chi connectivity index (χ1n) is 12.9. The second-order valence-corrected chi connectivity index (χ2v) is 10.4. The predicted molar refractivity (Wildman–Crippen MR) is 161 cm³/mol. The number of carbonyl (C=O) groups excluding carboxylic acids is 2. The van der Waals surface area contributed by atoms with Gasteiger partial charge in [-0.1, -0.05) is 23.4 Å². The molecule has 45 heavy (non-hydrogen) atoms. The van der Waals surface area contributed by atoms with Crippen LogP contribution in [0.15, 0.2) is 59.8 Å². The summed E-state index contributed by atoms with van der Waals surface area (Å²) in [6.45, 7) is -0.0989. The zero-order valence-electron chi connectivity index (χ0n) is 24.3. The molecule has 1 heterocycles. The van der Waals surface area contributed by atoms with Crippen LogP contribution in [0.5, 0.6) is 23.0 Å². The van der Waals surface area contributed by atoms with E-state index in [1.54, 1.807) is 41.0 Å². The molecular formula is C29H27ClF3N5O6S. The number of hydrogen-bond donors (Lipinski definition) is 2. The highest BCUT2D eigenvalue weighted by molar-refractivity contribution is 7.99. The van der Waals surface area contributed by atoms with Crippen molar-refractivity contribution in [3.63, 3.8) is 0 Å². The number of carbonyl (C=O) groups is 2. The summed E-state index contributed by atoms with van der Waals surface area (Å²) in [5.74, 6) is 0.634. The molecule has 2 N–H and O–H groups in total. The highest BCUT2D eigenvalue weighted by Crippen LogP contribution is 2.35. The first-order valence-corrected chi connectivity index (χ1v) is 14.3. The fraction of sp³-hybridized carbons (Fsp3) is 0.241. The Morgan fingerprint density at radius 3 is 2.20 bits per heavy atom. The minimum absolute atomic E-state index is 0.0580. The summed E-state index contributed by atoms with van der Waals surface area (Å²) >= 11 is 6.98. The second kappa shape index (κ2) is 14.4. The van der Waals surface area contributed by atoms with E-state index in [9.17, 15) is 22.8 Å². The van der Waals surface area contributed by atoms with Crippen molar-refractivity contribution < 1.29 is 41.7 Å². The maximum absolute atomic E-state index is 13.2. The molecule has 0 bridgehead atoms. The Morgan fingerprint density at radius 1 is 0.889 bits per heavy atom. The predicted octanol–water partition coefficient (Wildman–Crippen LogP) is 5.63. The van der Waals surface area contributed by atoms with Crippen molar-refractivity contribution in [1.82, 2.24) is 20.1 Å². The van der Waals surface area contributed by atoms with Crippen molar-refractivity contribution in [2.24, 2.45) is 0 Å². The van der Waals surface area contributed by atoms with E-state index in [-0.39, 0.29) is 39.6 Å². The molecule has 0 unspecified atom stereocenters. The van der Waals surface area contributed by atoms with Gasteiger partial charge in [0.05, 0.1) is 62.7 Å². The smallest absolute Gasteiger partial charge is 0.416 e. The number of methoxy groups -OCH3 is 4. The molecule has 16 heteroatoms. The van der Waals surface area contributed by atoms with Crippen LogP contribution < -0.4 is 29.6 Å². The van der Waals surface area contributed by atoms with E-state index in [0.717, 1.165) is 30.0 Å². The molecule has 4 aromatic rings. The minimum Gasteiger partial charge on any atom is -0.497 e. The summed E-state index contributed by atoms with van der Waals surface area (Å²) in [6.07, 6.45) is -4.62. The van der Waals surface area contributed by atoms with Gasteiger partial charge in [-0.05, 0) is 42.5 Å². The van der Waals surface area contributed by atoms with Gasteiger partial charge in [0.15, 0.2) is 11.0 Å². The number of thioether (sulfide) groups is 1. The third kappa shape index (κ3) is 8.10. The average Bonchev–Trinajstić information content (AvgIpc) is 3.44. The normalized spacial score (nSPS) is 11.1. The zero-order chi connectivity index (χ0) is 32.7. The molecule has 0 radical (unpaired) electrons. The molecule has 3 aromatic carbocycles. The summed E-state index contributed by atoms with van der Waals surface area (Å²) in [5.41, 5.74) is -0.432. The van der Waals surface area contributed by atoms with Gasteiger partial charge in [-0.25, -0.2) is 0 Å². The van der Waals surface area contributed by atoms with Gasteiger partial charge in [-0.3, -0.25) is 14.2 Å². The quantitative estimate of drug-likeness (QED) is 0.185. The lowest BCUT2D eigenvalue weighted by Crippen LogP contribution is -2.25.